The number of likely N-dealkylation sites (tertiary alicyclic amines) is 1. The minimum Gasteiger partial charge on any atom is -0.462 e. The molecule has 0 unspecified atom stereocenters. The van der Waals surface area contributed by atoms with Crippen molar-refractivity contribution in [2.24, 2.45) is 0 Å². The summed E-state index contributed by atoms with van der Waals surface area (Å²) >= 11 is 0. The maximum Gasteiger partial charge on any atom is 0.196 e. The minimum absolute atomic E-state index is 0.0775. The second-order valence-corrected chi connectivity index (χ2v) is 5.88. The van der Waals surface area contributed by atoms with Gasteiger partial charge in [-0.3, -0.25) is 4.79 Å². The summed E-state index contributed by atoms with van der Waals surface area (Å²) in [5, 5.41) is 0. The first-order valence-corrected chi connectivity index (χ1v) is 7.41. The molecule has 1 aliphatic rings. The van der Waals surface area contributed by atoms with Crippen molar-refractivity contribution in [2.75, 3.05) is 20.1 Å². The van der Waals surface area contributed by atoms with E-state index in [1.165, 1.54) is 4.90 Å². The zero-order chi connectivity index (χ0) is 15.7. The number of furan rings is 2. The second kappa shape index (κ2) is 5.81. The van der Waals surface area contributed by atoms with Gasteiger partial charge in [0, 0.05) is 0 Å². The molecule has 0 saturated carbocycles. The third-order valence-electron chi connectivity index (χ3n) is 3.72. The molecule has 1 fully saturated rings. The Labute approximate surface area is 129 Å². The van der Waals surface area contributed by atoms with Gasteiger partial charge in [0.1, 0.15) is 36.1 Å². The van der Waals surface area contributed by atoms with Gasteiger partial charge >= 0.3 is 0 Å². The van der Waals surface area contributed by atoms with E-state index in [-0.39, 0.29) is 5.78 Å². The fourth-order valence-electron chi connectivity index (χ4n) is 2.72. The molecule has 0 amide bonds. The van der Waals surface area contributed by atoms with E-state index in [4.69, 9.17) is 8.83 Å². The molecule has 0 atom stereocenters. The number of hydrogen-bond donors (Lipinski definition) is 1. The second-order valence-electron chi connectivity index (χ2n) is 5.88. The average molecular weight is 298 g/mol. The molecule has 1 N–H and O–H groups in total. The van der Waals surface area contributed by atoms with Crippen molar-refractivity contribution in [1.29, 1.82) is 0 Å². The van der Waals surface area contributed by atoms with E-state index < -0.39 is 0 Å². The van der Waals surface area contributed by atoms with Crippen LogP contribution in [0.25, 0.3) is 12.2 Å². The molecule has 1 saturated heterocycles. The third-order valence-corrected chi connectivity index (χ3v) is 3.72. The van der Waals surface area contributed by atoms with Crippen LogP contribution >= 0.6 is 0 Å². The zero-order valence-corrected chi connectivity index (χ0v) is 13.1. The number of carbonyl (C=O) groups excluding carboxylic acids is 1. The van der Waals surface area contributed by atoms with Gasteiger partial charge in [-0.15, -0.1) is 0 Å². The van der Waals surface area contributed by atoms with E-state index in [1.54, 1.807) is 0 Å². The van der Waals surface area contributed by atoms with Gasteiger partial charge in [-0.1, -0.05) is 0 Å². The monoisotopic (exact) mass is 298 g/mol. The Balaban J connectivity index is 1.91. The largest absolute Gasteiger partial charge is 0.462 e. The van der Waals surface area contributed by atoms with E-state index in [0.717, 1.165) is 34.2 Å². The summed E-state index contributed by atoms with van der Waals surface area (Å²) in [6, 6.07) is 7.58. The van der Waals surface area contributed by atoms with Crippen molar-refractivity contribution in [3.05, 3.63) is 58.5 Å². The molecule has 0 aliphatic carbocycles. The quantitative estimate of drug-likeness (QED) is 0.863. The maximum absolute atomic E-state index is 12.7. The number of piperidine rings is 1. The van der Waals surface area contributed by atoms with Crippen LogP contribution in [0.2, 0.25) is 0 Å². The van der Waals surface area contributed by atoms with Crippen LogP contribution in [0.4, 0.5) is 0 Å². The molecule has 0 bridgehead atoms. The summed E-state index contributed by atoms with van der Waals surface area (Å²) < 4.78 is 11.1. The number of carbonyl (C=O) groups is 1. The van der Waals surface area contributed by atoms with Gasteiger partial charge in [-0.05, 0) is 50.3 Å². The first kappa shape index (κ1) is 14.6. The van der Waals surface area contributed by atoms with E-state index in [9.17, 15) is 4.79 Å². The number of hydrogen-bond acceptors (Lipinski definition) is 3. The predicted molar refractivity (Wildman–Crippen MR) is 84.5 cm³/mol. The van der Waals surface area contributed by atoms with Gasteiger partial charge in [-0.2, -0.15) is 0 Å². The van der Waals surface area contributed by atoms with E-state index in [1.807, 2.05) is 50.3 Å². The summed E-state index contributed by atoms with van der Waals surface area (Å²) in [5.74, 6) is 3.22. The molecule has 2 aromatic rings. The highest BCUT2D eigenvalue weighted by molar-refractivity contribution is 6.13. The van der Waals surface area contributed by atoms with Crippen molar-refractivity contribution in [2.45, 2.75) is 13.8 Å². The van der Waals surface area contributed by atoms with Gasteiger partial charge in [0.25, 0.3) is 0 Å². The number of nitrogens with one attached hydrogen (secondary N) is 1. The van der Waals surface area contributed by atoms with Crippen LogP contribution in [-0.4, -0.2) is 25.9 Å². The van der Waals surface area contributed by atoms with Gasteiger partial charge in [-0.25, -0.2) is 0 Å². The highest BCUT2D eigenvalue weighted by Gasteiger charge is 2.27. The van der Waals surface area contributed by atoms with Gasteiger partial charge < -0.3 is 13.7 Å². The molecule has 0 aromatic carbocycles. The highest BCUT2D eigenvalue weighted by atomic mass is 16.3. The smallest absolute Gasteiger partial charge is 0.196 e. The topological polar surface area (TPSA) is 47.8 Å². The average Bonchev–Trinajstić information content (AvgIpc) is 3.04. The van der Waals surface area contributed by atoms with Crippen molar-refractivity contribution in [3.8, 4) is 0 Å². The summed E-state index contributed by atoms with van der Waals surface area (Å²) in [6.45, 7) is 5.19. The molecule has 22 heavy (non-hydrogen) atoms. The van der Waals surface area contributed by atoms with E-state index in [2.05, 4.69) is 7.05 Å². The lowest BCUT2D eigenvalue weighted by atomic mass is 9.96. The molecule has 4 heteroatoms. The summed E-state index contributed by atoms with van der Waals surface area (Å²) in [6.07, 6.45) is 3.69. The summed E-state index contributed by atoms with van der Waals surface area (Å²) in [4.78, 5) is 13.9. The molecule has 114 valence electrons. The number of quaternary nitrogens is 1. The number of rotatable bonds is 2. The number of aryl methyl sites for hydroxylation is 2. The van der Waals surface area contributed by atoms with Gasteiger partial charge in [0.15, 0.2) is 5.78 Å². The Morgan fingerprint density at radius 2 is 1.36 bits per heavy atom. The predicted octanol–water partition coefficient (Wildman–Crippen LogP) is 2.05. The lowest BCUT2D eigenvalue weighted by Crippen LogP contribution is -3.10. The molecule has 4 nitrogen and oxygen atoms in total. The van der Waals surface area contributed by atoms with Crippen LogP contribution < -0.4 is 4.90 Å². The molecule has 0 spiro atoms. The standard InChI is InChI=1S/C18H19NO3/c1-12-4-6-16(21-12)8-14-10-19(3)11-15(18(14)20)9-17-7-5-13(2)22-17/h4-9H,10-11H2,1-3H3/p+1/b14-8-,15-9-. The maximum atomic E-state index is 12.7. The minimum atomic E-state index is 0.0775. The lowest BCUT2D eigenvalue weighted by molar-refractivity contribution is -0.870. The molecule has 1 aliphatic heterocycles. The van der Waals surface area contributed by atoms with Crippen LogP contribution in [0, 0.1) is 13.8 Å². The number of likely N-dealkylation sites (N-methyl/N-ethyl adjacent to an activating group) is 1. The Morgan fingerprint density at radius 1 is 0.909 bits per heavy atom. The van der Waals surface area contributed by atoms with E-state index in [0.29, 0.717) is 13.1 Å². The first-order valence-electron chi connectivity index (χ1n) is 7.41. The summed E-state index contributed by atoms with van der Waals surface area (Å²) in [7, 11) is 2.08. The SMILES string of the molecule is Cc1ccc(/C=C2/C[NH+](C)C/C(=C/c3ccc(C)o3)C2=O)o1. The van der Waals surface area contributed by atoms with Crippen LogP contribution in [0.1, 0.15) is 23.0 Å². The van der Waals surface area contributed by atoms with E-state index >= 15 is 0 Å². The third kappa shape index (κ3) is 3.12. The molecular weight excluding hydrogens is 278 g/mol. The van der Waals surface area contributed by atoms with Crippen molar-refractivity contribution in [1.82, 2.24) is 0 Å². The molecule has 3 rings (SSSR count). The highest BCUT2D eigenvalue weighted by Crippen LogP contribution is 2.18. The lowest BCUT2D eigenvalue weighted by Gasteiger charge is -2.22. The normalized spacial score (nSPS) is 22.7. The van der Waals surface area contributed by atoms with Crippen LogP contribution in [0.15, 0.2) is 44.2 Å². The molecular formula is C18H20NO3+. The van der Waals surface area contributed by atoms with Crippen LogP contribution in [-0.2, 0) is 4.79 Å². The number of Topliss-reactive ketones (excluding diaryl/α,β-unsaturated/α-hetero) is 1. The van der Waals surface area contributed by atoms with Crippen molar-refractivity contribution >= 4 is 17.9 Å². The zero-order valence-electron chi connectivity index (χ0n) is 13.1. The first-order chi connectivity index (χ1) is 10.5. The number of ketones is 1. The Hall–Kier alpha value is -2.33. The van der Waals surface area contributed by atoms with Crippen LogP contribution in [0.3, 0.4) is 0 Å². The van der Waals surface area contributed by atoms with Gasteiger partial charge in [0.05, 0.1) is 18.2 Å². The Morgan fingerprint density at radius 3 is 1.73 bits per heavy atom. The van der Waals surface area contributed by atoms with Crippen molar-refractivity contribution < 1.29 is 18.5 Å². The summed E-state index contributed by atoms with van der Waals surface area (Å²) in [5.41, 5.74) is 1.54. The Kier molecular flexibility index (Phi) is 3.86. The van der Waals surface area contributed by atoms with Crippen molar-refractivity contribution in [3.63, 3.8) is 0 Å². The Bertz CT molecular complexity index is 699. The fraction of sp³-hybridized carbons (Fsp3) is 0.278. The molecule has 3 heterocycles. The molecule has 2 aromatic heterocycles. The molecule has 0 radical (unpaired) electrons. The fourth-order valence-corrected chi connectivity index (χ4v) is 2.72. The van der Waals surface area contributed by atoms with Crippen LogP contribution in [0.5, 0.6) is 0 Å². The van der Waals surface area contributed by atoms with Gasteiger partial charge in [0.2, 0.25) is 0 Å².